The van der Waals surface area contributed by atoms with Gasteiger partial charge in [0.25, 0.3) is 0 Å². The van der Waals surface area contributed by atoms with Gasteiger partial charge in [-0.25, -0.2) is 0 Å². The van der Waals surface area contributed by atoms with Crippen LogP contribution >= 0.6 is 0 Å². The first kappa shape index (κ1) is 66.2. The monoisotopic (exact) mass is 959 g/mol. The van der Waals surface area contributed by atoms with Crippen molar-refractivity contribution < 1.29 is 28.6 Å². The van der Waals surface area contributed by atoms with Crippen LogP contribution < -0.4 is 0 Å². The molecule has 0 amide bonds. The third-order valence-electron chi connectivity index (χ3n) is 14.0. The van der Waals surface area contributed by atoms with E-state index in [0.717, 1.165) is 64.2 Å². The highest BCUT2D eigenvalue weighted by molar-refractivity contribution is 5.71. The summed E-state index contributed by atoms with van der Waals surface area (Å²) in [7, 11) is 0. The zero-order valence-electron chi connectivity index (χ0n) is 46.2. The number of ether oxygens (including phenoxy) is 3. The molecule has 0 rings (SSSR count). The summed E-state index contributed by atoms with van der Waals surface area (Å²) >= 11 is 0. The lowest BCUT2D eigenvalue weighted by molar-refractivity contribution is -0.167. The normalized spacial score (nSPS) is 12.0. The minimum Gasteiger partial charge on any atom is -0.462 e. The van der Waals surface area contributed by atoms with Gasteiger partial charge in [0, 0.05) is 19.3 Å². The fourth-order valence-electron chi connectivity index (χ4n) is 9.37. The van der Waals surface area contributed by atoms with Crippen molar-refractivity contribution in [1.29, 1.82) is 0 Å². The van der Waals surface area contributed by atoms with E-state index in [1.54, 1.807) is 0 Å². The van der Waals surface area contributed by atoms with Crippen LogP contribution in [0, 0.1) is 0 Å². The average Bonchev–Trinajstić information content (AvgIpc) is 3.34. The maximum atomic E-state index is 12.8. The molecular formula is C62H118O6. The summed E-state index contributed by atoms with van der Waals surface area (Å²) in [5, 5.41) is 0. The van der Waals surface area contributed by atoms with Crippen molar-refractivity contribution >= 4 is 17.9 Å². The van der Waals surface area contributed by atoms with Gasteiger partial charge in [0.2, 0.25) is 0 Å². The van der Waals surface area contributed by atoms with E-state index in [1.165, 1.54) is 244 Å². The molecule has 0 aromatic heterocycles. The van der Waals surface area contributed by atoms with E-state index in [2.05, 4.69) is 32.9 Å². The summed E-state index contributed by atoms with van der Waals surface area (Å²) < 4.78 is 16.8. The number of hydrogen-bond acceptors (Lipinski definition) is 6. The molecule has 1 atom stereocenters. The smallest absolute Gasteiger partial charge is 0.306 e. The molecule has 0 spiro atoms. The number of allylic oxidation sites excluding steroid dienone is 2. The molecule has 0 bridgehead atoms. The van der Waals surface area contributed by atoms with Crippen molar-refractivity contribution in [3.63, 3.8) is 0 Å². The van der Waals surface area contributed by atoms with Gasteiger partial charge in [-0.1, -0.05) is 303 Å². The third-order valence-corrected chi connectivity index (χ3v) is 14.0. The van der Waals surface area contributed by atoms with Gasteiger partial charge in [0.15, 0.2) is 6.10 Å². The maximum absolute atomic E-state index is 12.8. The van der Waals surface area contributed by atoms with E-state index < -0.39 is 6.10 Å². The highest BCUT2D eigenvalue weighted by Crippen LogP contribution is 2.18. The molecule has 0 saturated heterocycles. The number of carbonyl (C=O) groups is 3. The lowest BCUT2D eigenvalue weighted by atomic mass is 10.0. The quantitative estimate of drug-likeness (QED) is 0.0262. The van der Waals surface area contributed by atoms with Crippen LogP contribution in [0.5, 0.6) is 0 Å². The lowest BCUT2D eigenvalue weighted by Crippen LogP contribution is -2.30. The zero-order valence-corrected chi connectivity index (χ0v) is 46.2. The molecule has 0 aliphatic carbocycles. The Morgan fingerprint density at radius 3 is 0.779 bits per heavy atom. The van der Waals surface area contributed by atoms with Crippen LogP contribution in [-0.2, 0) is 28.6 Å². The summed E-state index contributed by atoms with van der Waals surface area (Å²) in [4.78, 5) is 37.9. The van der Waals surface area contributed by atoms with Crippen molar-refractivity contribution in [3.8, 4) is 0 Å². The van der Waals surface area contributed by atoms with E-state index in [0.29, 0.717) is 19.3 Å². The minimum atomic E-state index is -0.767. The highest BCUT2D eigenvalue weighted by Gasteiger charge is 2.19. The molecule has 1 unspecified atom stereocenters. The topological polar surface area (TPSA) is 78.9 Å². The highest BCUT2D eigenvalue weighted by atomic mass is 16.6. The minimum absolute atomic E-state index is 0.0682. The predicted octanol–water partition coefficient (Wildman–Crippen LogP) is 20.5. The Kier molecular flexibility index (Phi) is 56.2. The van der Waals surface area contributed by atoms with Crippen molar-refractivity contribution in [2.75, 3.05) is 13.2 Å². The Labute approximate surface area is 424 Å². The van der Waals surface area contributed by atoms with Gasteiger partial charge in [-0.05, 0) is 38.5 Å². The summed E-state index contributed by atoms with van der Waals surface area (Å²) in [5.41, 5.74) is 0. The summed E-state index contributed by atoms with van der Waals surface area (Å²) in [6, 6.07) is 0. The van der Waals surface area contributed by atoms with Crippen LogP contribution in [0.1, 0.15) is 348 Å². The number of rotatable bonds is 57. The number of hydrogen-bond donors (Lipinski definition) is 0. The maximum Gasteiger partial charge on any atom is 0.306 e. The molecule has 68 heavy (non-hydrogen) atoms. The molecule has 0 aliphatic rings. The molecule has 0 aromatic rings. The first-order valence-corrected chi connectivity index (χ1v) is 30.7. The second-order valence-corrected chi connectivity index (χ2v) is 21.0. The zero-order chi connectivity index (χ0) is 49.3. The number of unbranched alkanes of at least 4 members (excludes halogenated alkanes) is 44. The SMILES string of the molecule is CCCC/C=C\CCCCCCCC(=O)OC(COC(=O)CCCCCCCCCCC)COC(=O)CCCCCCCCCCCCCCCCCCCCCCCCCCCCCCCC. The number of carbonyl (C=O) groups excluding carboxylic acids is 3. The fraction of sp³-hybridized carbons (Fsp3) is 0.919. The second-order valence-electron chi connectivity index (χ2n) is 21.0. The second kappa shape index (κ2) is 57.7. The summed E-state index contributed by atoms with van der Waals surface area (Å²) in [6.07, 6.45) is 66.8. The molecule has 0 heterocycles. The molecule has 402 valence electrons. The molecule has 6 nitrogen and oxygen atoms in total. The summed E-state index contributed by atoms with van der Waals surface area (Å²) in [6.45, 7) is 6.62. The Morgan fingerprint density at radius 1 is 0.279 bits per heavy atom. The van der Waals surface area contributed by atoms with E-state index >= 15 is 0 Å². The largest absolute Gasteiger partial charge is 0.462 e. The Hall–Kier alpha value is -1.85. The van der Waals surface area contributed by atoms with Crippen LogP contribution in [-0.4, -0.2) is 37.2 Å². The van der Waals surface area contributed by atoms with Crippen LogP contribution in [0.4, 0.5) is 0 Å². The molecule has 0 N–H and O–H groups in total. The van der Waals surface area contributed by atoms with Gasteiger partial charge in [-0.3, -0.25) is 14.4 Å². The molecule has 0 radical (unpaired) electrons. The first-order chi connectivity index (χ1) is 33.5. The van der Waals surface area contributed by atoms with Crippen molar-refractivity contribution in [2.45, 2.75) is 354 Å². The first-order valence-electron chi connectivity index (χ1n) is 30.7. The Bertz CT molecular complexity index is 1060. The Balaban J connectivity index is 3.96. The van der Waals surface area contributed by atoms with Crippen LogP contribution in [0.2, 0.25) is 0 Å². The molecular weight excluding hydrogens is 841 g/mol. The molecule has 6 heteroatoms. The number of esters is 3. The van der Waals surface area contributed by atoms with E-state index in [1.807, 2.05) is 0 Å². The van der Waals surface area contributed by atoms with Crippen LogP contribution in [0.3, 0.4) is 0 Å². The summed E-state index contributed by atoms with van der Waals surface area (Å²) in [5.74, 6) is -0.861. The van der Waals surface area contributed by atoms with Crippen LogP contribution in [0.15, 0.2) is 12.2 Å². The van der Waals surface area contributed by atoms with E-state index in [9.17, 15) is 14.4 Å². The van der Waals surface area contributed by atoms with Crippen molar-refractivity contribution in [2.24, 2.45) is 0 Å². The average molecular weight is 960 g/mol. The van der Waals surface area contributed by atoms with Crippen LogP contribution in [0.25, 0.3) is 0 Å². The van der Waals surface area contributed by atoms with E-state index in [4.69, 9.17) is 14.2 Å². The van der Waals surface area contributed by atoms with E-state index in [-0.39, 0.29) is 31.1 Å². The van der Waals surface area contributed by atoms with Gasteiger partial charge in [0.05, 0.1) is 0 Å². The van der Waals surface area contributed by atoms with Gasteiger partial charge in [-0.15, -0.1) is 0 Å². The lowest BCUT2D eigenvalue weighted by Gasteiger charge is -2.18. The molecule has 0 saturated carbocycles. The molecule has 0 aliphatic heterocycles. The van der Waals surface area contributed by atoms with Crippen molar-refractivity contribution in [3.05, 3.63) is 12.2 Å². The molecule has 0 fully saturated rings. The molecule has 0 aromatic carbocycles. The predicted molar refractivity (Wildman–Crippen MR) is 293 cm³/mol. The standard InChI is InChI=1S/C62H118O6/c1-4-7-10-13-16-19-21-22-23-24-25-26-27-28-29-30-31-32-33-34-35-36-37-38-39-41-43-46-49-52-55-61(64)67-58-59(57-66-60(63)54-51-48-45-42-18-15-12-9-6-3)68-62(65)56-53-50-47-44-40-20-17-14-11-8-5-2/h14,17,59H,4-13,15-16,18-58H2,1-3H3/b17-14-. The van der Waals surface area contributed by atoms with Gasteiger partial charge in [0.1, 0.15) is 13.2 Å². The fourth-order valence-corrected chi connectivity index (χ4v) is 9.37. The van der Waals surface area contributed by atoms with Gasteiger partial charge < -0.3 is 14.2 Å². The Morgan fingerprint density at radius 2 is 0.500 bits per heavy atom. The van der Waals surface area contributed by atoms with Crippen molar-refractivity contribution in [1.82, 2.24) is 0 Å². The van der Waals surface area contributed by atoms with Gasteiger partial charge >= 0.3 is 17.9 Å². The van der Waals surface area contributed by atoms with Gasteiger partial charge in [-0.2, -0.15) is 0 Å². The third kappa shape index (κ3) is 55.1.